The SMILES string of the molecule is O=C(c1cc2c(F)cccc2[nH]1)N1CCCN(c2cccnn2)CC1. The van der Waals surface area contributed by atoms with Crippen molar-refractivity contribution in [2.45, 2.75) is 6.42 Å². The van der Waals surface area contributed by atoms with Crippen LogP contribution in [0.4, 0.5) is 10.2 Å². The van der Waals surface area contributed by atoms with Gasteiger partial charge in [-0.15, -0.1) is 5.10 Å². The first-order valence-corrected chi connectivity index (χ1v) is 8.31. The van der Waals surface area contributed by atoms with E-state index >= 15 is 0 Å². The number of aromatic nitrogens is 3. The Morgan fingerprint density at radius 2 is 2.04 bits per heavy atom. The molecule has 7 heteroatoms. The van der Waals surface area contributed by atoms with Crippen LogP contribution in [0.3, 0.4) is 0 Å². The zero-order chi connectivity index (χ0) is 17.2. The molecule has 1 aliphatic rings. The molecule has 3 heterocycles. The van der Waals surface area contributed by atoms with Crippen LogP contribution < -0.4 is 4.90 Å². The van der Waals surface area contributed by atoms with Crippen LogP contribution in [0.25, 0.3) is 10.9 Å². The molecule has 1 aromatic carbocycles. The van der Waals surface area contributed by atoms with Crippen molar-refractivity contribution < 1.29 is 9.18 Å². The van der Waals surface area contributed by atoms with E-state index < -0.39 is 0 Å². The minimum Gasteiger partial charge on any atom is -0.353 e. The number of nitrogens with one attached hydrogen (secondary N) is 1. The lowest BCUT2D eigenvalue weighted by atomic mass is 10.2. The van der Waals surface area contributed by atoms with E-state index in [1.807, 2.05) is 12.1 Å². The van der Waals surface area contributed by atoms with Crippen LogP contribution in [0.1, 0.15) is 16.9 Å². The first-order valence-electron chi connectivity index (χ1n) is 8.31. The summed E-state index contributed by atoms with van der Waals surface area (Å²) in [5, 5.41) is 8.49. The third kappa shape index (κ3) is 3.05. The molecule has 1 aliphatic heterocycles. The van der Waals surface area contributed by atoms with E-state index in [4.69, 9.17) is 0 Å². The van der Waals surface area contributed by atoms with E-state index in [-0.39, 0.29) is 11.7 Å². The van der Waals surface area contributed by atoms with Gasteiger partial charge in [-0.2, -0.15) is 5.10 Å². The Bertz CT molecular complexity index is 895. The molecule has 0 saturated carbocycles. The zero-order valence-electron chi connectivity index (χ0n) is 13.7. The molecule has 0 unspecified atom stereocenters. The Labute approximate surface area is 144 Å². The summed E-state index contributed by atoms with van der Waals surface area (Å²) in [6.07, 6.45) is 2.49. The number of hydrogen-bond donors (Lipinski definition) is 1. The number of halogens is 1. The van der Waals surface area contributed by atoms with Gasteiger partial charge in [0.1, 0.15) is 11.5 Å². The number of nitrogens with zero attached hydrogens (tertiary/aromatic N) is 4. The van der Waals surface area contributed by atoms with Crippen molar-refractivity contribution in [2.24, 2.45) is 0 Å². The fourth-order valence-electron chi connectivity index (χ4n) is 3.22. The molecule has 2 aromatic heterocycles. The highest BCUT2D eigenvalue weighted by atomic mass is 19.1. The molecule has 1 saturated heterocycles. The number of amides is 1. The number of fused-ring (bicyclic) bond motifs is 1. The second kappa shape index (κ2) is 6.51. The lowest BCUT2D eigenvalue weighted by Crippen LogP contribution is -2.35. The van der Waals surface area contributed by atoms with Gasteiger partial charge in [-0.3, -0.25) is 4.79 Å². The van der Waals surface area contributed by atoms with E-state index in [1.54, 1.807) is 29.3 Å². The monoisotopic (exact) mass is 339 g/mol. The van der Waals surface area contributed by atoms with Crippen molar-refractivity contribution in [2.75, 3.05) is 31.1 Å². The Balaban J connectivity index is 1.51. The van der Waals surface area contributed by atoms with E-state index in [9.17, 15) is 9.18 Å². The summed E-state index contributed by atoms with van der Waals surface area (Å²) in [5.74, 6) is 0.401. The first-order chi connectivity index (χ1) is 12.2. The van der Waals surface area contributed by atoms with Crippen molar-refractivity contribution in [3.63, 3.8) is 0 Å². The van der Waals surface area contributed by atoms with E-state index in [1.165, 1.54) is 6.07 Å². The molecule has 6 nitrogen and oxygen atoms in total. The van der Waals surface area contributed by atoms with Crippen LogP contribution in [-0.4, -0.2) is 52.2 Å². The predicted molar refractivity (Wildman–Crippen MR) is 93.0 cm³/mol. The maximum atomic E-state index is 13.8. The van der Waals surface area contributed by atoms with Crippen LogP contribution in [0.15, 0.2) is 42.6 Å². The Morgan fingerprint density at radius 1 is 1.12 bits per heavy atom. The Kier molecular flexibility index (Phi) is 4.05. The molecular weight excluding hydrogens is 321 g/mol. The molecule has 1 fully saturated rings. The molecule has 128 valence electrons. The lowest BCUT2D eigenvalue weighted by molar-refractivity contribution is 0.0762. The van der Waals surface area contributed by atoms with Gasteiger partial charge >= 0.3 is 0 Å². The minimum atomic E-state index is -0.322. The molecule has 4 rings (SSSR count). The van der Waals surface area contributed by atoms with Gasteiger partial charge in [0.25, 0.3) is 5.91 Å². The van der Waals surface area contributed by atoms with Gasteiger partial charge in [-0.25, -0.2) is 4.39 Å². The van der Waals surface area contributed by atoms with Crippen LogP contribution in [-0.2, 0) is 0 Å². The van der Waals surface area contributed by atoms with Crippen LogP contribution in [0, 0.1) is 5.82 Å². The number of H-pyrrole nitrogens is 1. The lowest BCUT2D eigenvalue weighted by Gasteiger charge is -2.22. The predicted octanol–water partition coefficient (Wildman–Crippen LogP) is 2.45. The van der Waals surface area contributed by atoms with Crippen molar-refractivity contribution in [3.8, 4) is 0 Å². The molecule has 0 aliphatic carbocycles. The quantitative estimate of drug-likeness (QED) is 0.779. The van der Waals surface area contributed by atoms with Gasteiger partial charge in [0.2, 0.25) is 0 Å². The summed E-state index contributed by atoms with van der Waals surface area (Å²) < 4.78 is 13.8. The Morgan fingerprint density at radius 3 is 2.84 bits per heavy atom. The number of hydrogen-bond acceptors (Lipinski definition) is 4. The highest BCUT2D eigenvalue weighted by Gasteiger charge is 2.22. The summed E-state index contributed by atoms with van der Waals surface area (Å²) in [6.45, 7) is 2.77. The van der Waals surface area contributed by atoms with Gasteiger partial charge < -0.3 is 14.8 Å². The summed E-state index contributed by atoms with van der Waals surface area (Å²) in [5.41, 5.74) is 1.06. The third-order valence-corrected chi connectivity index (χ3v) is 4.51. The molecule has 0 spiro atoms. The highest BCUT2D eigenvalue weighted by Crippen LogP contribution is 2.20. The smallest absolute Gasteiger partial charge is 0.270 e. The Hall–Kier alpha value is -2.96. The van der Waals surface area contributed by atoms with Crippen molar-refractivity contribution in [3.05, 3.63) is 54.1 Å². The second-order valence-electron chi connectivity index (χ2n) is 6.10. The van der Waals surface area contributed by atoms with Gasteiger partial charge in [0.05, 0.1) is 0 Å². The molecule has 25 heavy (non-hydrogen) atoms. The molecule has 0 radical (unpaired) electrons. The number of benzene rings is 1. The summed E-state index contributed by atoms with van der Waals surface area (Å²) in [4.78, 5) is 19.8. The molecule has 0 bridgehead atoms. The van der Waals surface area contributed by atoms with Gasteiger partial charge in [-0.05, 0) is 36.8 Å². The van der Waals surface area contributed by atoms with E-state index in [2.05, 4.69) is 20.1 Å². The molecule has 0 atom stereocenters. The van der Waals surface area contributed by atoms with Gasteiger partial charge in [-0.1, -0.05) is 6.07 Å². The van der Waals surface area contributed by atoms with E-state index in [0.717, 1.165) is 18.8 Å². The summed E-state index contributed by atoms with van der Waals surface area (Å²) >= 11 is 0. The van der Waals surface area contributed by atoms with Crippen molar-refractivity contribution in [1.82, 2.24) is 20.1 Å². The number of anilines is 1. The average molecular weight is 339 g/mol. The molecule has 3 aromatic rings. The van der Waals surface area contributed by atoms with Crippen molar-refractivity contribution in [1.29, 1.82) is 0 Å². The molecular formula is C18H18FN5O. The summed E-state index contributed by atoms with van der Waals surface area (Å²) in [6, 6.07) is 10.2. The number of aromatic amines is 1. The minimum absolute atomic E-state index is 0.100. The molecule has 1 amide bonds. The summed E-state index contributed by atoms with van der Waals surface area (Å²) in [7, 11) is 0. The van der Waals surface area contributed by atoms with Gasteiger partial charge in [0, 0.05) is 43.3 Å². The van der Waals surface area contributed by atoms with Crippen LogP contribution in [0.2, 0.25) is 0 Å². The fourth-order valence-corrected chi connectivity index (χ4v) is 3.22. The highest BCUT2D eigenvalue weighted by molar-refractivity contribution is 5.98. The average Bonchev–Trinajstić information content (AvgIpc) is 2.93. The number of rotatable bonds is 2. The maximum absolute atomic E-state index is 13.8. The number of carbonyl (C=O) groups excluding carboxylic acids is 1. The largest absolute Gasteiger partial charge is 0.353 e. The fraction of sp³-hybridized carbons (Fsp3) is 0.278. The maximum Gasteiger partial charge on any atom is 0.270 e. The molecule has 1 N–H and O–H groups in total. The topological polar surface area (TPSA) is 65.1 Å². The standard InChI is InChI=1S/C18H18FN5O/c19-14-4-1-5-15-13(14)12-16(21-15)18(25)24-9-3-8-23(10-11-24)17-6-2-7-20-22-17/h1-2,4-7,12,21H,3,8-11H2. The van der Waals surface area contributed by atoms with Crippen LogP contribution in [0.5, 0.6) is 0 Å². The zero-order valence-corrected chi connectivity index (χ0v) is 13.7. The second-order valence-corrected chi connectivity index (χ2v) is 6.10. The van der Waals surface area contributed by atoms with Gasteiger partial charge in [0.15, 0.2) is 5.82 Å². The first kappa shape index (κ1) is 15.6. The van der Waals surface area contributed by atoms with Crippen molar-refractivity contribution >= 4 is 22.6 Å². The van der Waals surface area contributed by atoms with Crippen LogP contribution >= 0.6 is 0 Å². The van der Waals surface area contributed by atoms with E-state index in [0.29, 0.717) is 36.2 Å². The third-order valence-electron chi connectivity index (χ3n) is 4.51. The normalized spacial score (nSPS) is 15.4. The number of carbonyl (C=O) groups is 1.